The second kappa shape index (κ2) is 5.22. The van der Waals surface area contributed by atoms with Gasteiger partial charge in [-0.25, -0.2) is 4.68 Å². The van der Waals surface area contributed by atoms with E-state index in [9.17, 15) is 4.79 Å². The lowest BCUT2D eigenvalue weighted by Gasteiger charge is -2.03. The molecule has 0 radical (unpaired) electrons. The summed E-state index contributed by atoms with van der Waals surface area (Å²) in [4.78, 5) is 11.6. The fourth-order valence-corrected chi connectivity index (χ4v) is 1.38. The van der Waals surface area contributed by atoms with Crippen molar-refractivity contribution in [3.8, 4) is 0 Å². The van der Waals surface area contributed by atoms with Crippen molar-refractivity contribution in [3.63, 3.8) is 0 Å². The standard InChI is InChI=1S/C11H13N5O/c12-6-10-7-16(15-14-10)8-11(17)13-9-4-2-1-3-5-9/h1-5,7H,6,8,12H2,(H,13,17). The van der Waals surface area contributed by atoms with E-state index in [1.165, 1.54) is 4.68 Å². The number of nitrogens with zero attached hydrogens (tertiary/aromatic N) is 3. The highest BCUT2D eigenvalue weighted by molar-refractivity contribution is 5.90. The van der Waals surface area contributed by atoms with Crippen molar-refractivity contribution in [1.82, 2.24) is 15.0 Å². The maximum absolute atomic E-state index is 11.6. The second-order valence-corrected chi connectivity index (χ2v) is 3.53. The third kappa shape index (κ3) is 3.12. The van der Waals surface area contributed by atoms with Crippen LogP contribution in [0.25, 0.3) is 0 Å². The smallest absolute Gasteiger partial charge is 0.246 e. The zero-order valence-electron chi connectivity index (χ0n) is 9.21. The molecule has 2 aromatic rings. The molecule has 6 nitrogen and oxygen atoms in total. The van der Waals surface area contributed by atoms with Gasteiger partial charge in [0.1, 0.15) is 6.54 Å². The van der Waals surface area contributed by atoms with Crippen LogP contribution in [0.1, 0.15) is 5.69 Å². The van der Waals surface area contributed by atoms with Crippen LogP contribution in [0.4, 0.5) is 5.69 Å². The summed E-state index contributed by atoms with van der Waals surface area (Å²) in [5, 5.41) is 10.4. The van der Waals surface area contributed by atoms with E-state index >= 15 is 0 Å². The number of carbonyl (C=O) groups excluding carboxylic acids is 1. The molecule has 1 aromatic carbocycles. The van der Waals surface area contributed by atoms with E-state index < -0.39 is 0 Å². The molecule has 0 saturated heterocycles. The van der Waals surface area contributed by atoms with Gasteiger partial charge in [-0.05, 0) is 12.1 Å². The van der Waals surface area contributed by atoms with E-state index in [-0.39, 0.29) is 12.5 Å². The lowest BCUT2D eigenvalue weighted by atomic mass is 10.3. The zero-order chi connectivity index (χ0) is 12.1. The van der Waals surface area contributed by atoms with Crippen molar-refractivity contribution in [2.24, 2.45) is 5.73 Å². The van der Waals surface area contributed by atoms with Crippen LogP contribution in [-0.2, 0) is 17.9 Å². The van der Waals surface area contributed by atoms with Crippen molar-refractivity contribution < 1.29 is 4.79 Å². The summed E-state index contributed by atoms with van der Waals surface area (Å²) >= 11 is 0. The number of amides is 1. The Bertz CT molecular complexity index is 494. The number of carbonyl (C=O) groups is 1. The van der Waals surface area contributed by atoms with Crippen LogP contribution >= 0.6 is 0 Å². The predicted molar refractivity (Wildman–Crippen MR) is 63.0 cm³/mol. The summed E-state index contributed by atoms with van der Waals surface area (Å²) in [5.74, 6) is -0.148. The fraction of sp³-hybridized carbons (Fsp3) is 0.182. The van der Waals surface area contributed by atoms with E-state index in [4.69, 9.17) is 5.73 Å². The molecule has 0 atom stereocenters. The molecular weight excluding hydrogens is 218 g/mol. The summed E-state index contributed by atoms with van der Waals surface area (Å²) in [7, 11) is 0. The quantitative estimate of drug-likeness (QED) is 0.796. The Balaban J connectivity index is 1.93. The first-order valence-electron chi connectivity index (χ1n) is 5.22. The molecule has 0 spiro atoms. The van der Waals surface area contributed by atoms with Crippen molar-refractivity contribution in [3.05, 3.63) is 42.2 Å². The van der Waals surface area contributed by atoms with Crippen LogP contribution < -0.4 is 11.1 Å². The van der Waals surface area contributed by atoms with Gasteiger partial charge in [-0.15, -0.1) is 5.10 Å². The Morgan fingerprint density at radius 2 is 2.12 bits per heavy atom. The molecule has 0 aliphatic carbocycles. The van der Waals surface area contributed by atoms with Crippen molar-refractivity contribution in [2.45, 2.75) is 13.1 Å². The summed E-state index contributed by atoms with van der Waals surface area (Å²) in [6.45, 7) is 0.447. The number of nitrogens with two attached hydrogens (primary N) is 1. The molecule has 1 amide bonds. The van der Waals surface area contributed by atoms with Gasteiger partial charge in [-0.1, -0.05) is 23.4 Å². The molecular formula is C11H13N5O. The van der Waals surface area contributed by atoms with Crippen LogP contribution in [0.5, 0.6) is 0 Å². The van der Waals surface area contributed by atoms with Gasteiger partial charge >= 0.3 is 0 Å². The lowest BCUT2D eigenvalue weighted by Crippen LogP contribution is -2.19. The molecule has 0 saturated carbocycles. The summed E-state index contributed by atoms with van der Waals surface area (Å²) < 4.78 is 1.46. The molecule has 17 heavy (non-hydrogen) atoms. The van der Waals surface area contributed by atoms with Gasteiger partial charge in [0.15, 0.2) is 0 Å². The number of rotatable bonds is 4. The molecule has 6 heteroatoms. The van der Waals surface area contributed by atoms with Gasteiger partial charge in [0, 0.05) is 12.2 Å². The number of hydrogen-bond acceptors (Lipinski definition) is 4. The number of hydrogen-bond donors (Lipinski definition) is 2. The highest BCUT2D eigenvalue weighted by Crippen LogP contribution is 2.04. The monoisotopic (exact) mass is 231 g/mol. The Labute approximate surface area is 98.4 Å². The summed E-state index contributed by atoms with van der Waals surface area (Å²) in [5.41, 5.74) is 6.83. The van der Waals surface area contributed by atoms with Gasteiger partial charge in [-0.2, -0.15) is 0 Å². The Kier molecular flexibility index (Phi) is 3.46. The zero-order valence-corrected chi connectivity index (χ0v) is 9.21. The van der Waals surface area contributed by atoms with Gasteiger partial charge in [0.05, 0.1) is 11.9 Å². The van der Waals surface area contributed by atoms with Crippen molar-refractivity contribution >= 4 is 11.6 Å². The van der Waals surface area contributed by atoms with Gasteiger partial charge < -0.3 is 11.1 Å². The van der Waals surface area contributed by atoms with Gasteiger partial charge in [0.25, 0.3) is 0 Å². The average molecular weight is 231 g/mol. The first-order chi connectivity index (χ1) is 8.28. The third-order valence-electron chi connectivity index (χ3n) is 2.16. The van der Waals surface area contributed by atoms with Crippen LogP contribution in [0.15, 0.2) is 36.5 Å². The van der Waals surface area contributed by atoms with E-state index in [1.54, 1.807) is 6.20 Å². The van der Waals surface area contributed by atoms with Crippen LogP contribution in [0.3, 0.4) is 0 Å². The Morgan fingerprint density at radius 1 is 1.35 bits per heavy atom. The molecule has 1 aromatic heterocycles. The van der Waals surface area contributed by atoms with Crippen LogP contribution in [0, 0.1) is 0 Å². The number of para-hydroxylation sites is 1. The van der Waals surface area contributed by atoms with E-state index in [0.717, 1.165) is 5.69 Å². The molecule has 88 valence electrons. The highest BCUT2D eigenvalue weighted by Gasteiger charge is 2.05. The molecule has 1 heterocycles. The number of aromatic nitrogens is 3. The number of nitrogens with one attached hydrogen (secondary N) is 1. The maximum atomic E-state index is 11.6. The normalized spacial score (nSPS) is 10.2. The summed E-state index contributed by atoms with van der Waals surface area (Å²) in [6, 6.07) is 9.25. The van der Waals surface area contributed by atoms with Crippen molar-refractivity contribution in [1.29, 1.82) is 0 Å². The maximum Gasteiger partial charge on any atom is 0.246 e. The van der Waals surface area contributed by atoms with Crippen LogP contribution in [0.2, 0.25) is 0 Å². The van der Waals surface area contributed by atoms with Crippen molar-refractivity contribution in [2.75, 3.05) is 5.32 Å². The van der Waals surface area contributed by atoms with E-state index in [1.807, 2.05) is 30.3 Å². The summed E-state index contributed by atoms with van der Waals surface area (Å²) in [6.07, 6.45) is 1.66. The minimum absolute atomic E-state index is 0.127. The lowest BCUT2D eigenvalue weighted by molar-refractivity contribution is -0.116. The van der Waals surface area contributed by atoms with Crippen LogP contribution in [-0.4, -0.2) is 20.9 Å². The molecule has 3 N–H and O–H groups in total. The number of anilines is 1. The molecule has 0 fully saturated rings. The minimum Gasteiger partial charge on any atom is -0.325 e. The molecule has 0 aliphatic heterocycles. The van der Waals surface area contributed by atoms with E-state index in [0.29, 0.717) is 12.2 Å². The largest absolute Gasteiger partial charge is 0.325 e. The fourth-order valence-electron chi connectivity index (χ4n) is 1.38. The molecule has 0 bridgehead atoms. The molecule has 0 unspecified atom stereocenters. The SMILES string of the molecule is NCc1cn(CC(=O)Nc2ccccc2)nn1. The number of benzene rings is 1. The topological polar surface area (TPSA) is 85.8 Å². The molecule has 0 aliphatic rings. The minimum atomic E-state index is -0.148. The third-order valence-corrected chi connectivity index (χ3v) is 2.16. The Hall–Kier alpha value is -2.21. The first-order valence-corrected chi connectivity index (χ1v) is 5.22. The predicted octanol–water partition coefficient (Wildman–Crippen LogP) is 0.375. The second-order valence-electron chi connectivity index (χ2n) is 3.53. The van der Waals surface area contributed by atoms with E-state index in [2.05, 4.69) is 15.6 Å². The highest BCUT2D eigenvalue weighted by atomic mass is 16.2. The molecule has 2 rings (SSSR count). The van der Waals surface area contributed by atoms with Gasteiger partial charge in [0.2, 0.25) is 5.91 Å². The Morgan fingerprint density at radius 3 is 2.76 bits per heavy atom. The first kappa shape index (κ1) is 11.3. The van der Waals surface area contributed by atoms with Gasteiger partial charge in [-0.3, -0.25) is 4.79 Å². The average Bonchev–Trinajstić information content (AvgIpc) is 2.78.